The molecule has 0 aliphatic carbocycles. The minimum atomic E-state index is -0.0984. The lowest BCUT2D eigenvalue weighted by Crippen LogP contribution is -2.36. The van der Waals surface area contributed by atoms with E-state index in [9.17, 15) is 4.79 Å². The van der Waals surface area contributed by atoms with Crippen LogP contribution in [-0.4, -0.2) is 37.5 Å². The van der Waals surface area contributed by atoms with Gasteiger partial charge in [0.1, 0.15) is 0 Å². The molecule has 0 atom stereocenters. The lowest BCUT2D eigenvalue weighted by atomic mass is 10.2. The van der Waals surface area contributed by atoms with Gasteiger partial charge in [-0.1, -0.05) is 29.8 Å². The molecular formula is C20H23BrN2O2S. The number of nitrogens with one attached hydrogen (secondary N) is 1. The fraction of sp³-hybridized carbons (Fsp3) is 0.350. The number of amides is 1. The summed E-state index contributed by atoms with van der Waals surface area (Å²) in [6, 6.07) is 13.8. The van der Waals surface area contributed by atoms with Gasteiger partial charge < -0.3 is 15.0 Å². The average molecular weight is 435 g/mol. The minimum Gasteiger partial charge on any atom is -0.378 e. The molecule has 138 valence electrons. The number of morpholine rings is 1. The number of hydrogen-bond acceptors (Lipinski definition) is 4. The molecule has 6 heteroatoms. The van der Waals surface area contributed by atoms with E-state index in [2.05, 4.69) is 40.0 Å². The Balaban J connectivity index is 1.77. The van der Waals surface area contributed by atoms with Crippen molar-refractivity contribution in [3.05, 3.63) is 52.5 Å². The maximum Gasteiger partial charge on any atom is 0.255 e. The number of carbonyl (C=O) groups excluding carboxylic acids is 1. The maximum atomic E-state index is 12.7. The van der Waals surface area contributed by atoms with E-state index >= 15 is 0 Å². The molecule has 2 aromatic carbocycles. The van der Waals surface area contributed by atoms with Gasteiger partial charge in [-0.2, -0.15) is 0 Å². The van der Waals surface area contributed by atoms with Gasteiger partial charge in [0, 0.05) is 33.3 Å². The molecule has 0 radical (unpaired) electrons. The summed E-state index contributed by atoms with van der Waals surface area (Å²) in [4.78, 5) is 16.1. The van der Waals surface area contributed by atoms with Gasteiger partial charge in [0.2, 0.25) is 0 Å². The quantitative estimate of drug-likeness (QED) is 0.669. The first-order valence-electron chi connectivity index (χ1n) is 8.73. The van der Waals surface area contributed by atoms with Crippen LogP contribution in [0.15, 0.2) is 51.8 Å². The Labute approximate surface area is 167 Å². The molecule has 2 aromatic rings. The highest BCUT2D eigenvalue weighted by Crippen LogP contribution is 2.31. The third-order valence-electron chi connectivity index (χ3n) is 4.05. The van der Waals surface area contributed by atoms with Crippen LogP contribution >= 0.6 is 27.7 Å². The molecule has 1 aliphatic heterocycles. The maximum absolute atomic E-state index is 12.7. The van der Waals surface area contributed by atoms with Crippen molar-refractivity contribution in [3.8, 4) is 0 Å². The Hall–Kier alpha value is -1.50. The highest BCUT2D eigenvalue weighted by atomic mass is 79.9. The molecule has 1 fully saturated rings. The normalized spacial score (nSPS) is 14.5. The fourth-order valence-corrected chi connectivity index (χ4v) is 4.04. The van der Waals surface area contributed by atoms with Crippen LogP contribution in [0.5, 0.6) is 0 Å². The Morgan fingerprint density at radius 3 is 2.50 bits per heavy atom. The van der Waals surface area contributed by atoms with E-state index in [1.54, 1.807) is 11.8 Å². The second-order valence-electron chi connectivity index (χ2n) is 6.41. The van der Waals surface area contributed by atoms with Gasteiger partial charge in [0.15, 0.2) is 0 Å². The van der Waals surface area contributed by atoms with E-state index in [1.165, 1.54) is 4.90 Å². The van der Waals surface area contributed by atoms with Gasteiger partial charge in [-0.25, -0.2) is 0 Å². The number of nitrogens with zero attached hydrogens (tertiary/aromatic N) is 1. The molecule has 1 N–H and O–H groups in total. The SMILES string of the molecule is CC(C)Sc1ccc(C(=O)Nc2cc(Br)ccc2N2CCOCC2)cc1. The highest BCUT2D eigenvalue weighted by Gasteiger charge is 2.17. The zero-order valence-corrected chi connectivity index (χ0v) is 17.4. The van der Waals surface area contributed by atoms with Crippen molar-refractivity contribution < 1.29 is 9.53 Å². The molecule has 0 unspecified atom stereocenters. The van der Waals surface area contributed by atoms with Gasteiger partial charge in [-0.15, -0.1) is 11.8 Å². The zero-order valence-electron chi connectivity index (χ0n) is 15.0. The fourth-order valence-electron chi connectivity index (χ4n) is 2.84. The number of thioether (sulfide) groups is 1. The van der Waals surface area contributed by atoms with Crippen LogP contribution in [0.4, 0.5) is 11.4 Å². The first-order chi connectivity index (χ1) is 12.5. The predicted molar refractivity (Wildman–Crippen MR) is 113 cm³/mol. The van der Waals surface area contributed by atoms with E-state index < -0.39 is 0 Å². The van der Waals surface area contributed by atoms with Crippen LogP contribution < -0.4 is 10.2 Å². The topological polar surface area (TPSA) is 41.6 Å². The minimum absolute atomic E-state index is 0.0984. The molecule has 3 rings (SSSR count). The molecular weight excluding hydrogens is 412 g/mol. The van der Waals surface area contributed by atoms with E-state index in [4.69, 9.17) is 4.74 Å². The monoisotopic (exact) mass is 434 g/mol. The van der Waals surface area contributed by atoms with E-state index in [-0.39, 0.29) is 5.91 Å². The van der Waals surface area contributed by atoms with Crippen LogP contribution in [-0.2, 0) is 4.74 Å². The summed E-state index contributed by atoms with van der Waals surface area (Å²) < 4.78 is 6.37. The van der Waals surface area contributed by atoms with Crippen LogP contribution in [0.3, 0.4) is 0 Å². The van der Waals surface area contributed by atoms with Crippen molar-refractivity contribution in [1.29, 1.82) is 0 Å². The van der Waals surface area contributed by atoms with Crippen molar-refractivity contribution >= 4 is 45.0 Å². The number of anilines is 2. The Morgan fingerprint density at radius 2 is 1.85 bits per heavy atom. The molecule has 1 amide bonds. The summed E-state index contributed by atoms with van der Waals surface area (Å²) in [5, 5.41) is 3.59. The first-order valence-corrected chi connectivity index (χ1v) is 10.4. The summed E-state index contributed by atoms with van der Waals surface area (Å²) in [6.45, 7) is 7.38. The third kappa shape index (κ3) is 5.02. The average Bonchev–Trinajstić information content (AvgIpc) is 2.62. The Morgan fingerprint density at radius 1 is 1.15 bits per heavy atom. The van der Waals surface area contributed by atoms with Crippen molar-refractivity contribution in [2.75, 3.05) is 36.5 Å². The van der Waals surface area contributed by atoms with Gasteiger partial charge in [-0.3, -0.25) is 4.79 Å². The lowest BCUT2D eigenvalue weighted by molar-refractivity contribution is 0.102. The molecule has 0 aromatic heterocycles. The molecule has 0 saturated carbocycles. The van der Waals surface area contributed by atoms with E-state index in [0.29, 0.717) is 24.0 Å². The van der Waals surface area contributed by atoms with E-state index in [0.717, 1.165) is 28.9 Å². The molecule has 1 aliphatic rings. The van der Waals surface area contributed by atoms with Crippen molar-refractivity contribution in [2.24, 2.45) is 0 Å². The molecule has 26 heavy (non-hydrogen) atoms. The van der Waals surface area contributed by atoms with Crippen LogP contribution in [0.25, 0.3) is 0 Å². The lowest BCUT2D eigenvalue weighted by Gasteiger charge is -2.30. The van der Waals surface area contributed by atoms with Crippen LogP contribution in [0.1, 0.15) is 24.2 Å². The second-order valence-corrected chi connectivity index (χ2v) is 8.97. The van der Waals surface area contributed by atoms with Gasteiger partial charge in [-0.05, 0) is 42.5 Å². The third-order valence-corrected chi connectivity index (χ3v) is 5.56. The molecule has 0 spiro atoms. The van der Waals surface area contributed by atoms with Crippen molar-refractivity contribution in [2.45, 2.75) is 24.0 Å². The second kappa shape index (κ2) is 8.93. The van der Waals surface area contributed by atoms with Crippen LogP contribution in [0.2, 0.25) is 0 Å². The van der Waals surface area contributed by atoms with Gasteiger partial charge in [0.05, 0.1) is 24.6 Å². The summed E-state index contributed by atoms with van der Waals surface area (Å²) in [5.41, 5.74) is 2.50. The number of benzene rings is 2. The molecule has 1 heterocycles. The zero-order chi connectivity index (χ0) is 18.5. The number of halogens is 1. The predicted octanol–water partition coefficient (Wildman–Crippen LogP) is 5.04. The highest BCUT2D eigenvalue weighted by molar-refractivity contribution is 9.10. The molecule has 0 bridgehead atoms. The van der Waals surface area contributed by atoms with E-state index in [1.807, 2.05) is 42.5 Å². The van der Waals surface area contributed by atoms with Gasteiger partial charge >= 0.3 is 0 Å². The standard InChI is InChI=1S/C20H23BrN2O2S/c1-14(2)26-17-6-3-15(4-7-17)20(24)22-18-13-16(21)5-8-19(18)23-9-11-25-12-10-23/h3-8,13-14H,9-12H2,1-2H3,(H,22,24). The summed E-state index contributed by atoms with van der Waals surface area (Å²) in [6.07, 6.45) is 0. The summed E-state index contributed by atoms with van der Waals surface area (Å²) >= 11 is 5.29. The number of ether oxygens (including phenoxy) is 1. The van der Waals surface area contributed by atoms with Crippen molar-refractivity contribution in [1.82, 2.24) is 0 Å². The Kier molecular flexibility index (Phi) is 6.62. The summed E-state index contributed by atoms with van der Waals surface area (Å²) in [5.74, 6) is -0.0984. The van der Waals surface area contributed by atoms with Gasteiger partial charge in [0.25, 0.3) is 5.91 Å². The first kappa shape index (κ1) is 19.3. The molecule has 4 nitrogen and oxygen atoms in total. The Bertz CT molecular complexity index is 759. The van der Waals surface area contributed by atoms with Crippen LogP contribution in [0, 0.1) is 0 Å². The number of rotatable bonds is 5. The largest absolute Gasteiger partial charge is 0.378 e. The number of hydrogen-bond donors (Lipinski definition) is 1. The summed E-state index contributed by atoms with van der Waals surface area (Å²) in [7, 11) is 0. The molecule has 1 saturated heterocycles. The number of carbonyl (C=O) groups is 1. The smallest absolute Gasteiger partial charge is 0.255 e. The van der Waals surface area contributed by atoms with Crippen molar-refractivity contribution in [3.63, 3.8) is 0 Å².